The fourth-order valence-corrected chi connectivity index (χ4v) is 4.89. The molecule has 0 rings (SSSR count). The quantitative estimate of drug-likeness (QED) is 0.0373. The zero-order valence-electron chi connectivity index (χ0n) is 31.3. The van der Waals surface area contributed by atoms with E-state index in [-0.39, 0.29) is 0 Å². The van der Waals surface area contributed by atoms with Gasteiger partial charge >= 0.3 is 0 Å². The van der Waals surface area contributed by atoms with Gasteiger partial charge in [-0.1, -0.05) is 107 Å². The third-order valence-electron chi connectivity index (χ3n) is 7.33. The van der Waals surface area contributed by atoms with Gasteiger partial charge in [-0.25, -0.2) is 0 Å². The van der Waals surface area contributed by atoms with Gasteiger partial charge < -0.3 is 52.1 Å². The number of alkyl halides is 1. The molecule has 0 aromatic heterocycles. The summed E-state index contributed by atoms with van der Waals surface area (Å²) in [5.41, 5.74) is 0. The molecule has 0 heterocycles. The maximum atomic E-state index is 5.68. The van der Waals surface area contributed by atoms with E-state index in [0.29, 0.717) is 132 Å². The molecule has 0 aromatic carbocycles. The van der Waals surface area contributed by atoms with Crippen molar-refractivity contribution in [1.82, 2.24) is 0 Å². The summed E-state index contributed by atoms with van der Waals surface area (Å²) in [5.74, 6) is 0. The van der Waals surface area contributed by atoms with E-state index in [4.69, 9.17) is 52.1 Å². The molecule has 49 heavy (non-hydrogen) atoms. The molecule has 0 N–H and O–H groups in total. The van der Waals surface area contributed by atoms with Crippen LogP contribution in [0.3, 0.4) is 0 Å². The lowest BCUT2D eigenvalue weighted by Gasteiger charge is -2.09. The van der Waals surface area contributed by atoms with Gasteiger partial charge in [0.2, 0.25) is 0 Å². The van der Waals surface area contributed by atoms with E-state index in [1.165, 1.54) is 77.0 Å². The number of halogens is 1. The lowest BCUT2D eigenvalue weighted by atomic mass is 10.0. The van der Waals surface area contributed by atoms with E-state index >= 15 is 0 Å². The number of hydrogen-bond acceptors (Lipinski definition) is 11. The van der Waals surface area contributed by atoms with E-state index in [1.807, 2.05) is 0 Å². The summed E-state index contributed by atoms with van der Waals surface area (Å²) >= 11 is 2.28. The smallest absolute Gasteiger partial charge is 0.0701 e. The molecule has 0 spiro atoms. The molecule has 296 valence electrons. The van der Waals surface area contributed by atoms with Crippen LogP contribution in [-0.4, -0.2) is 150 Å². The highest BCUT2D eigenvalue weighted by Gasteiger charge is 1.97. The van der Waals surface area contributed by atoms with Crippen molar-refractivity contribution in [1.29, 1.82) is 0 Å². The van der Waals surface area contributed by atoms with Gasteiger partial charge in [-0.15, -0.1) is 0 Å². The fourth-order valence-electron chi connectivity index (χ4n) is 4.58. The second kappa shape index (κ2) is 48.3. The molecule has 0 saturated carbocycles. The Morgan fingerprint density at radius 2 is 0.408 bits per heavy atom. The molecule has 12 heteroatoms. The minimum atomic E-state index is 0.527. The Morgan fingerprint density at radius 3 is 0.633 bits per heavy atom. The van der Waals surface area contributed by atoms with Crippen LogP contribution < -0.4 is 0 Å². The van der Waals surface area contributed by atoms with Crippen LogP contribution in [0.15, 0.2) is 0 Å². The maximum absolute atomic E-state index is 5.68. The highest BCUT2D eigenvalue weighted by Crippen LogP contribution is 2.12. The zero-order valence-corrected chi connectivity index (χ0v) is 33.5. The summed E-state index contributed by atoms with van der Waals surface area (Å²) in [5, 5.41) is 0. The molecule has 11 nitrogen and oxygen atoms in total. The molecule has 0 aliphatic carbocycles. The van der Waals surface area contributed by atoms with Crippen LogP contribution in [0.1, 0.15) is 90.4 Å². The van der Waals surface area contributed by atoms with E-state index in [0.717, 1.165) is 24.1 Å². The monoisotopic (exact) mass is 822 g/mol. The Morgan fingerprint density at radius 1 is 0.224 bits per heavy atom. The molecular formula is C37H75IO11. The predicted octanol–water partition coefficient (Wildman–Crippen LogP) is 6.70. The highest BCUT2D eigenvalue weighted by molar-refractivity contribution is 14.1. The number of unbranched alkanes of at least 4 members (excludes halogenated alkanes) is 12. The Labute approximate surface area is 313 Å². The van der Waals surface area contributed by atoms with Crippen LogP contribution in [0.2, 0.25) is 0 Å². The van der Waals surface area contributed by atoms with Crippen molar-refractivity contribution in [3.8, 4) is 0 Å². The van der Waals surface area contributed by atoms with Crippen molar-refractivity contribution in [3.05, 3.63) is 0 Å². The Hall–Kier alpha value is 0.290. The van der Waals surface area contributed by atoms with Crippen LogP contribution in [0.25, 0.3) is 0 Å². The van der Waals surface area contributed by atoms with Crippen LogP contribution in [-0.2, 0) is 52.1 Å². The van der Waals surface area contributed by atoms with Crippen LogP contribution in [0.5, 0.6) is 0 Å². The Bertz CT molecular complexity index is 520. The van der Waals surface area contributed by atoms with Crippen molar-refractivity contribution < 1.29 is 52.1 Å². The second-order valence-electron chi connectivity index (χ2n) is 11.7. The normalized spacial score (nSPS) is 11.6. The van der Waals surface area contributed by atoms with Gasteiger partial charge in [0.1, 0.15) is 0 Å². The van der Waals surface area contributed by atoms with Gasteiger partial charge in [-0.3, -0.25) is 0 Å². The molecule has 0 unspecified atom stereocenters. The van der Waals surface area contributed by atoms with Gasteiger partial charge in [0.05, 0.1) is 139 Å². The van der Waals surface area contributed by atoms with E-state index in [9.17, 15) is 0 Å². The van der Waals surface area contributed by atoms with Crippen molar-refractivity contribution >= 4 is 22.6 Å². The average Bonchev–Trinajstić information content (AvgIpc) is 3.11. The average molecular weight is 823 g/mol. The first-order chi connectivity index (χ1) is 24.4. The molecule has 0 bridgehead atoms. The van der Waals surface area contributed by atoms with E-state index in [1.54, 1.807) is 0 Å². The number of rotatable bonds is 46. The topological polar surface area (TPSA) is 102 Å². The van der Waals surface area contributed by atoms with E-state index in [2.05, 4.69) is 29.5 Å². The van der Waals surface area contributed by atoms with Crippen molar-refractivity contribution in [2.75, 3.05) is 150 Å². The number of hydrogen-bond donors (Lipinski definition) is 0. The number of ether oxygens (including phenoxy) is 11. The minimum absolute atomic E-state index is 0.527. The summed E-state index contributed by atoms with van der Waals surface area (Å²) in [6.07, 6.45) is 17.8. The second-order valence-corrected chi connectivity index (χ2v) is 12.7. The third-order valence-corrected chi connectivity index (χ3v) is 7.77. The van der Waals surface area contributed by atoms with Gasteiger partial charge in [-0.2, -0.15) is 0 Å². The first-order valence-corrected chi connectivity index (χ1v) is 20.9. The van der Waals surface area contributed by atoms with Gasteiger partial charge in [-0.05, 0) is 6.42 Å². The molecule has 0 atom stereocenters. The van der Waals surface area contributed by atoms with Crippen LogP contribution in [0, 0.1) is 0 Å². The van der Waals surface area contributed by atoms with Gasteiger partial charge in [0.15, 0.2) is 0 Å². The molecular weight excluding hydrogens is 747 g/mol. The molecule has 0 radical (unpaired) electrons. The van der Waals surface area contributed by atoms with Crippen LogP contribution in [0.4, 0.5) is 0 Å². The summed E-state index contributed by atoms with van der Waals surface area (Å²) in [4.78, 5) is 0. The summed E-state index contributed by atoms with van der Waals surface area (Å²) < 4.78 is 61.5. The fraction of sp³-hybridized carbons (Fsp3) is 1.00. The molecule has 0 saturated heterocycles. The first-order valence-electron chi connectivity index (χ1n) is 19.3. The zero-order chi connectivity index (χ0) is 35.2. The lowest BCUT2D eigenvalue weighted by Crippen LogP contribution is -2.15. The lowest BCUT2D eigenvalue weighted by molar-refractivity contribution is -0.0273. The molecule has 0 aliphatic rings. The molecule has 0 amide bonds. The Kier molecular flexibility index (Phi) is 48.6. The van der Waals surface area contributed by atoms with Gasteiger partial charge in [0.25, 0.3) is 0 Å². The summed E-state index contributed by atoms with van der Waals surface area (Å²) in [6.45, 7) is 15.1. The third kappa shape index (κ3) is 48.3. The van der Waals surface area contributed by atoms with Crippen molar-refractivity contribution in [2.24, 2.45) is 0 Å². The Balaban J connectivity index is 3.04. The largest absolute Gasteiger partial charge is 0.379 e. The predicted molar refractivity (Wildman–Crippen MR) is 204 cm³/mol. The highest BCUT2D eigenvalue weighted by atomic mass is 127. The van der Waals surface area contributed by atoms with E-state index < -0.39 is 0 Å². The van der Waals surface area contributed by atoms with Gasteiger partial charge in [0, 0.05) is 11.0 Å². The standard InChI is InChI=1S/C37H75IO11/c1-2-3-4-5-6-7-8-9-10-11-12-13-14-16-39-18-20-41-22-24-43-26-28-45-30-32-47-34-36-49-37-35-48-33-31-46-29-27-44-25-23-42-21-19-40-17-15-38/h2-37H2,1H3. The molecule has 0 aromatic rings. The first kappa shape index (κ1) is 49.3. The summed E-state index contributed by atoms with van der Waals surface area (Å²) in [7, 11) is 0. The SMILES string of the molecule is CCCCCCCCCCCCCCCOCCOCCOCCOCCOCCOCCOCCOCCOCCOCCOCCI. The van der Waals surface area contributed by atoms with Crippen LogP contribution >= 0.6 is 22.6 Å². The minimum Gasteiger partial charge on any atom is -0.379 e. The molecule has 0 aliphatic heterocycles. The maximum Gasteiger partial charge on any atom is 0.0701 e. The molecule has 0 fully saturated rings. The summed E-state index contributed by atoms with van der Waals surface area (Å²) in [6, 6.07) is 0. The van der Waals surface area contributed by atoms with Crippen molar-refractivity contribution in [2.45, 2.75) is 90.4 Å². The van der Waals surface area contributed by atoms with Crippen molar-refractivity contribution in [3.63, 3.8) is 0 Å².